The van der Waals surface area contributed by atoms with Gasteiger partial charge in [-0.15, -0.1) is 0 Å². The number of hydroxylamine groups is 1. The van der Waals surface area contributed by atoms with Gasteiger partial charge < -0.3 is 19.3 Å². The first-order valence-electron chi connectivity index (χ1n) is 12.3. The van der Waals surface area contributed by atoms with Gasteiger partial charge in [0.15, 0.2) is 11.6 Å². The van der Waals surface area contributed by atoms with Gasteiger partial charge in [-0.25, -0.2) is 10.5 Å². The van der Waals surface area contributed by atoms with Gasteiger partial charge in [-0.1, -0.05) is 41.5 Å². The van der Waals surface area contributed by atoms with E-state index in [0.717, 1.165) is 5.56 Å². The number of nitrogens with zero attached hydrogens (tertiary/aromatic N) is 4. The van der Waals surface area contributed by atoms with Crippen molar-refractivity contribution in [3.63, 3.8) is 0 Å². The number of methoxy groups -OCH3 is 1. The van der Waals surface area contributed by atoms with Crippen LogP contribution >= 0.6 is 0 Å². The van der Waals surface area contributed by atoms with Gasteiger partial charge >= 0.3 is 0 Å². The molecule has 202 valence electrons. The van der Waals surface area contributed by atoms with E-state index in [1.807, 2.05) is 24.3 Å². The maximum atomic E-state index is 13.5. The second kappa shape index (κ2) is 12.8. The molecule has 0 spiro atoms. The number of hydrogen-bond acceptors (Lipinski definition) is 8. The molecular weight excluding hydrogens is 502 g/mol. The zero-order valence-electron chi connectivity index (χ0n) is 21.4. The first kappa shape index (κ1) is 27.5. The zero-order chi connectivity index (χ0) is 27.7. The van der Waals surface area contributed by atoms with Crippen LogP contribution < -0.4 is 15.0 Å². The van der Waals surface area contributed by atoms with Crippen molar-refractivity contribution in [1.29, 1.82) is 0 Å². The number of benzene rings is 3. The molecule has 0 bridgehead atoms. The Morgan fingerprint density at radius 1 is 1.13 bits per heavy atom. The molecule has 0 aromatic heterocycles. The standard InChI is InChI=1S/C28H29N5O6/c1-37-24-9-4-8-20(16-24)25-28(27(35)32-36,17-21-6-2-3-7-22(21)18-30-33-29)31-26(39-25)19-10-12-23(13-11-19)38-15-5-14-34/h2-4,6-13,16,25,34,36H,5,14-15,17-18H2,1H3,(H,32,35)/t25-,28-/m0/s1. The summed E-state index contributed by atoms with van der Waals surface area (Å²) in [5.41, 5.74) is 11.7. The van der Waals surface area contributed by atoms with E-state index in [4.69, 9.17) is 29.8 Å². The Balaban J connectivity index is 1.80. The van der Waals surface area contributed by atoms with Crippen LogP contribution in [0.4, 0.5) is 0 Å². The molecule has 1 amide bonds. The summed E-state index contributed by atoms with van der Waals surface area (Å²) in [5, 5.41) is 22.5. The molecule has 1 aliphatic heterocycles. The Kier molecular flexibility index (Phi) is 9.01. The van der Waals surface area contributed by atoms with Gasteiger partial charge in [-0.05, 0) is 58.6 Å². The Labute approximate surface area is 225 Å². The number of ether oxygens (including phenoxy) is 3. The molecular formula is C28H29N5O6. The van der Waals surface area contributed by atoms with Crippen molar-refractivity contribution in [1.82, 2.24) is 5.48 Å². The highest BCUT2D eigenvalue weighted by atomic mass is 16.5. The van der Waals surface area contributed by atoms with Crippen LogP contribution in [0.3, 0.4) is 0 Å². The number of aliphatic hydroxyl groups is 1. The van der Waals surface area contributed by atoms with Gasteiger partial charge in [-0.2, -0.15) is 0 Å². The fourth-order valence-electron chi connectivity index (χ4n) is 4.47. The van der Waals surface area contributed by atoms with Crippen LogP contribution in [-0.2, 0) is 22.5 Å². The maximum absolute atomic E-state index is 13.5. The lowest BCUT2D eigenvalue weighted by molar-refractivity contribution is -0.137. The molecule has 3 N–H and O–H groups in total. The summed E-state index contributed by atoms with van der Waals surface area (Å²) in [7, 11) is 1.54. The smallest absolute Gasteiger partial charge is 0.275 e. The molecule has 4 rings (SSSR count). The highest BCUT2D eigenvalue weighted by Gasteiger charge is 2.53. The number of aliphatic imine (C=N–C) groups is 1. The van der Waals surface area contributed by atoms with Crippen LogP contribution in [0.15, 0.2) is 82.9 Å². The van der Waals surface area contributed by atoms with E-state index in [-0.39, 0.29) is 25.5 Å². The minimum Gasteiger partial charge on any atom is -0.497 e. The Hall–Kier alpha value is -4.57. The van der Waals surface area contributed by atoms with Crippen molar-refractivity contribution in [2.45, 2.75) is 31.0 Å². The Morgan fingerprint density at radius 2 is 1.90 bits per heavy atom. The summed E-state index contributed by atoms with van der Waals surface area (Å²) in [6, 6.07) is 21.4. The SMILES string of the molecule is COc1cccc([C@@H]2OC(c3ccc(OCCCO)cc3)=N[C@]2(Cc2ccccc2CN=[N+]=[N-])C(=O)NO)c1. The number of carbonyl (C=O) groups excluding carboxylic acids is 1. The second-order valence-corrected chi connectivity index (χ2v) is 8.84. The molecule has 3 aromatic rings. The summed E-state index contributed by atoms with van der Waals surface area (Å²) < 4.78 is 17.4. The van der Waals surface area contributed by atoms with Crippen LogP contribution in [0.2, 0.25) is 0 Å². The number of hydrogen-bond donors (Lipinski definition) is 3. The van der Waals surface area contributed by atoms with Gasteiger partial charge in [0, 0.05) is 29.9 Å². The van der Waals surface area contributed by atoms with Crippen molar-refractivity contribution in [2.75, 3.05) is 20.3 Å². The van der Waals surface area contributed by atoms with Crippen LogP contribution in [0.5, 0.6) is 11.5 Å². The van der Waals surface area contributed by atoms with Gasteiger partial charge in [0.2, 0.25) is 5.90 Å². The average Bonchev–Trinajstić information content (AvgIpc) is 3.37. The van der Waals surface area contributed by atoms with E-state index in [2.05, 4.69) is 10.0 Å². The summed E-state index contributed by atoms with van der Waals surface area (Å²) >= 11 is 0. The quantitative estimate of drug-likeness (QED) is 0.0790. The predicted molar refractivity (Wildman–Crippen MR) is 143 cm³/mol. The number of azide groups is 1. The first-order valence-corrected chi connectivity index (χ1v) is 12.3. The number of aliphatic hydroxyl groups excluding tert-OH is 1. The van der Waals surface area contributed by atoms with Crippen molar-refractivity contribution < 1.29 is 29.3 Å². The van der Waals surface area contributed by atoms with Crippen molar-refractivity contribution in [2.24, 2.45) is 10.1 Å². The lowest BCUT2D eigenvalue weighted by Gasteiger charge is -2.30. The summed E-state index contributed by atoms with van der Waals surface area (Å²) in [6.45, 7) is 0.498. The molecule has 0 saturated carbocycles. The number of nitrogens with one attached hydrogen (secondary N) is 1. The highest BCUT2D eigenvalue weighted by Crippen LogP contribution is 2.43. The Bertz CT molecular complexity index is 1370. The topological polar surface area (TPSA) is 158 Å². The molecule has 1 aliphatic rings. The van der Waals surface area contributed by atoms with Gasteiger partial charge in [0.05, 0.1) is 20.3 Å². The van der Waals surface area contributed by atoms with E-state index < -0.39 is 17.6 Å². The van der Waals surface area contributed by atoms with E-state index in [1.54, 1.807) is 61.1 Å². The fraction of sp³-hybridized carbons (Fsp3) is 0.286. The molecule has 0 saturated heterocycles. The number of amides is 1. The minimum atomic E-state index is -1.61. The predicted octanol–water partition coefficient (Wildman–Crippen LogP) is 4.27. The number of carbonyl (C=O) groups is 1. The first-order chi connectivity index (χ1) is 19.0. The monoisotopic (exact) mass is 531 g/mol. The molecule has 3 aromatic carbocycles. The van der Waals surface area contributed by atoms with Crippen molar-refractivity contribution in [3.8, 4) is 11.5 Å². The van der Waals surface area contributed by atoms with Gasteiger partial charge in [0.25, 0.3) is 5.91 Å². The third kappa shape index (κ3) is 6.12. The maximum Gasteiger partial charge on any atom is 0.275 e. The minimum absolute atomic E-state index is 0.0371. The fourth-order valence-corrected chi connectivity index (χ4v) is 4.47. The van der Waals surface area contributed by atoms with E-state index in [9.17, 15) is 10.0 Å². The molecule has 0 fully saturated rings. The van der Waals surface area contributed by atoms with Crippen LogP contribution in [0.1, 0.15) is 34.8 Å². The van der Waals surface area contributed by atoms with Crippen LogP contribution in [-0.4, -0.2) is 48.0 Å². The van der Waals surface area contributed by atoms with Crippen molar-refractivity contribution >= 4 is 11.8 Å². The summed E-state index contributed by atoms with van der Waals surface area (Å²) in [4.78, 5) is 21.1. The zero-order valence-corrected chi connectivity index (χ0v) is 21.4. The molecule has 39 heavy (non-hydrogen) atoms. The van der Waals surface area contributed by atoms with E-state index in [1.165, 1.54) is 0 Å². The van der Waals surface area contributed by atoms with E-state index in [0.29, 0.717) is 41.2 Å². The third-order valence-corrected chi connectivity index (χ3v) is 6.41. The molecule has 2 atom stereocenters. The largest absolute Gasteiger partial charge is 0.497 e. The molecule has 1 heterocycles. The van der Waals surface area contributed by atoms with E-state index >= 15 is 0 Å². The summed E-state index contributed by atoms with van der Waals surface area (Å²) in [6.07, 6.45) is -0.369. The van der Waals surface area contributed by atoms with Gasteiger partial charge in [-0.3, -0.25) is 10.0 Å². The lowest BCUT2D eigenvalue weighted by atomic mass is 9.81. The van der Waals surface area contributed by atoms with Crippen LogP contribution in [0.25, 0.3) is 10.4 Å². The second-order valence-electron chi connectivity index (χ2n) is 8.84. The average molecular weight is 532 g/mol. The molecule has 11 heteroatoms. The molecule has 0 unspecified atom stereocenters. The van der Waals surface area contributed by atoms with Gasteiger partial charge in [0.1, 0.15) is 11.5 Å². The molecule has 11 nitrogen and oxygen atoms in total. The Morgan fingerprint density at radius 3 is 2.59 bits per heavy atom. The highest BCUT2D eigenvalue weighted by molar-refractivity contribution is 6.01. The molecule has 0 radical (unpaired) electrons. The summed E-state index contributed by atoms with van der Waals surface area (Å²) in [5.74, 6) is 0.631. The third-order valence-electron chi connectivity index (χ3n) is 6.41. The number of rotatable bonds is 12. The lowest BCUT2D eigenvalue weighted by Crippen LogP contribution is -2.49. The van der Waals surface area contributed by atoms with Crippen molar-refractivity contribution in [3.05, 3.63) is 105 Å². The molecule has 0 aliphatic carbocycles. The normalized spacial score (nSPS) is 17.9. The van der Waals surface area contributed by atoms with Crippen LogP contribution in [0, 0.1) is 0 Å².